The molecule has 0 fully saturated rings. The van der Waals surface area contributed by atoms with Crippen LogP contribution in [0, 0.1) is 0 Å². The third-order valence-corrected chi connectivity index (χ3v) is 2.15. The number of carbonyl (C=O) groups excluding carboxylic acids is 1. The standard InChI is InChI=1S/C8H5Cl2NO3/c9-4-1-2-5(10)7(11-3-12)6(4)8(13)14/h1-3H,(H,11,12)(H,13,14). The SMILES string of the molecule is O=CNc1c(Cl)ccc(Cl)c1C(=O)O. The Morgan fingerprint density at radius 1 is 1.36 bits per heavy atom. The van der Waals surface area contributed by atoms with Crippen molar-refractivity contribution < 1.29 is 14.7 Å². The lowest BCUT2D eigenvalue weighted by Crippen LogP contribution is -2.06. The largest absolute Gasteiger partial charge is 0.478 e. The van der Waals surface area contributed by atoms with Gasteiger partial charge in [0.25, 0.3) is 0 Å². The van der Waals surface area contributed by atoms with Crippen LogP contribution in [0.2, 0.25) is 10.0 Å². The molecule has 6 heteroatoms. The van der Waals surface area contributed by atoms with Gasteiger partial charge in [-0.25, -0.2) is 4.79 Å². The molecule has 0 heterocycles. The van der Waals surface area contributed by atoms with E-state index in [0.717, 1.165) is 0 Å². The van der Waals surface area contributed by atoms with Gasteiger partial charge < -0.3 is 10.4 Å². The quantitative estimate of drug-likeness (QED) is 0.788. The van der Waals surface area contributed by atoms with E-state index >= 15 is 0 Å². The molecular weight excluding hydrogens is 229 g/mol. The number of hydrogen-bond donors (Lipinski definition) is 2. The molecular formula is C8H5Cl2NO3. The van der Waals surface area contributed by atoms with Gasteiger partial charge in [0.1, 0.15) is 5.56 Å². The molecule has 1 aromatic rings. The number of aromatic carboxylic acids is 1. The summed E-state index contributed by atoms with van der Waals surface area (Å²) in [7, 11) is 0. The first-order valence-corrected chi connectivity index (χ1v) is 4.25. The number of carbonyl (C=O) groups is 2. The van der Waals surface area contributed by atoms with Crippen LogP contribution in [0.15, 0.2) is 12.1 Å². The van der Waals surface area contributed by atoms with Gasteiger partial charge in [0.05, 0.1) is 15.7 Å². The molecule has 0 atom stereocenters. The van der Waals surface area contributed by atoms with Gasteiger partial charge in [-0.2, -0.15) is 0 Å². The van der Waals surface area contributed by atoms with Crippen molar-refractivity contribution in [2.45, 2.75) is 0 Å². The molecule has 0 saturated carbocycles. The molecule has 0 unspecified atom stereocenters. The molecule has 0 radical (unpaired) electrons. The highest BCUT2D eigenvalue weighted by atomic mass is 35.5. The van der Waals surface area contributed by atoms with Crippen molar-refractivity contribution in [3.63, 3.8) is 0 Å². The zero-order chi connectivity index (χ0) is 10.7. The van der Waals surface area contributed by atoms with E-state index in [4.69, 9.17) is 28.3 Å². The zero-order valence-electron chi connectivity index (χ0n) is 6.75. The number of halogens is 2. The van der Waals surface area contributed by atoms with Crippen molar-refractivity contribution in [1.82, 2.24) is 0 Å². The maximum atomic E-state index is 10.8. The van der Waals surface area contributed by atoms with Crippen LogP contribution < -0.4 is 5.32 Å². The van der Waals surface area contributed by atoms with E-state index in [1.807, 2.05) is 0 Å². The molecule has 0 saturated heterocycles. The Labute approximate surface area is 89.4 Å². The summed E-state index contributed by atoms with van der Waals surface area (Å²) in [5.74, 6) is -1.25. The second kappa shape index (κ2) is 4.30. The van der Waals surface area contributed by atoms with E-state index in [2.05, 4.69) is 5.32 Å². The van der Waals surface area contributed by atoms with Crippen LogP contribution in [0.1, 0.15) is 10.4 Å². The van der Waals surface area contributed by atoms with E-state index in [0.29, 0.717) is 6.41 Å². The van der Waals surface area contributed by atoms with Crippen molar-refractivity contribution >= 4 is 41.3 Å². The summed E-state index contributed by atoms with van der Waals surface area (Å²) in [6, 6.07) is 2.76. The summed E-state index contributed by atoms with van der Waals surface area (Å²) >= 11 is 11.3. The van der Waals surface area contributed by atoms with Crippen LogP contribution in [-0.2, 0) is 4.79 Å². The molecule has 1 rings (SSSR count). The molecule has 0 aliphatic carbocycles. The Morgan fingerprint density at radius 3 is 2.43 bits per heavy atom. The highest BCUT2D eigenvalue weighted by molar-refractivity contribution is 6.38. The van der Waals surface area contributed by atoms with Crippen LogP contribution in [0.25, 0.3) is 0 Å². The zero-order valence-corrected chi connectivity index (χ0v) is 8.26. The average Bonchev–Trinajstić information content (AvgIpc) is 2.11. The second-order valence-corrected chi connectivity index (χ2v) is 3.16. The predicted octanol–water partition coefficient (Wildman–Crippen LogP) is 2.26. The molecule has 0 aliphatic heterocycles. The number of anilines is 1. The summed E-state index contributed by atoms with van der Waals surface area (Å²) in [5.41, 5.74) is -0.215. The van der Waals surface area contributed by atoms with Crippen molar-refractivity contribution in [2.24, 2.45) is 0 Å². The number of hydrogen-bond acceptors (Lipinski definition) is 2. The number of rotatable bonds is 3. The molecule has 0 bridgehead atoms. The fraction of sp³-hybridized carbons (Fsp3) is 0. The highest BCUT2D eigenvalue weighted by Gasteiger charge is 2.17. The van der Waals surface area contributed by atoms with E-state index in [9.17, 15) is 9.59 Å². The summed E-state index contributed by atoms with van der Waals surface area (Å²) in [6.07, 6.45) is 0.337. The van der Waals surface area contributed by atoms with E-state index in [1.54, 1.807) is 0 Å². The molecule has 1 amide bonds. The van der Waals surface area contributed by atoms with Gasteiger partial charge in [0.2, 0.25) is 6.41 Å². The fourth-order valence-electron chi connectivity index (χ4n) is 0.961. The second-order valence-electron chi connectivity index (χ2n) is 2.35. The van der Waals surface area contributed by atoms with Crippen LogP contribution in [0.4, 0.5) is 5.69 Å². The van der Waals surface area contributed by atoms with Crippen molar-refractivity contribution in [1.29, 1.82) is 0 Å². The minimum Gasteiger partial charge on any atom is -0.478 e. The lowest BCUT2D eigenvalue weighted by molar-refractivity contribution is -0.105. The molecule has 0 aromatic heterocycles. The lowest BCUT2D eigenvalue weighted by Gasteiger charge is -2.07. The summed E-state index contributed by atoms with van der Waals surface area (Å²) < 4.78 is 0. The van der Waals surface area contributed by atoms with Crippen LogP contribution >= 0.6 is 23.2 Å². The van der Waals surface area contributed by atoms with Crippen molar-refractivity contribution in [2.75, 3.05) is 5.32 Å². The summed E-state index contributed by atoms with van der Waals surface area (Å²) in [6.45, 7) is 0. The molecule has 0 spiro atoms. The van der Waals surface area contributed by atoms with Gasteiger partial charge in [-0.05, 0) is 12.1 Å². The van der Waals surface area contributed by atoms with Crippen LogP contribution in [-0.4, -0.2) is 17.5 Å². The van der Waals surface area contributed by atoms with Crippen LogP contribution in [0.3, 0.4) is 0 Å². The molecule has 74 valence electrons. The maximum absolute atomic E-state index is 10.8. The van der Waals surface area contributed by atoms with Gasteiger partial charge in [0.15, 0.2) is 0 Å². The number of benzene rings is 1. The van der Waals surface area contributed by atoms with E-state index in [1.165, 1.54) is 12.1 Å². The molecule has 1 aromatic carbocycles. The molecule has 4 nitrogen and oxygen atoms in total. The molecule has 0 aliphatic rings. The minimum absolute atomic E-state index is 0.00154. The first-order valence-electron chi connectivity index (χ1n) is 3.49. The summed E-state index contributed by atoms with van der Waals surface area (Å²) in [4.78, 5) is 21.0. The first kappa shape index (κ1) is 10.8. The Kier molecular flexibility index (Phi) is 3.33. The fourth-order valence-corrected chi connectivity index (χ4v) is 1.41. The number of amides is 1. The maximum Gasteiger partial charge on any atom is 0.339 e. The summed E-state index contributed by atoms with van der Waals surface area (Å²) in [5, 5.41) is 11.1. The Bertz CT molecular complexity index is 392. The normalized spacial score (nSPS) is 9.57. The first-order chi connectivity index (χ1) is 6.57. The third kappa shape index (κ3) is 1.97. The predicted molar refractivity (Wildman–Crippen MR) is 53.1 cm³/mol. The number of carboxylic acid groups (broad SMARTS) is 1. The minimum atomic E-state index is -1.25. The molecule has 2 N–H and O–H groups in total. The van der Waals surface area contributed by atoms with Gasteiger partial charge in [-0.15, -0.1) is 0 Å². The third-order valence-electron chi connectivity index (χ3n) is 1.52. The smallest absolute Gasteiger partial charge is 0.339 e. The highest BCUT2D eigenvalue weighted by Crippen LogP contribution is 2.31. The van der Waals surface area contributed by atoms with Gasteiger partial charge in [0, 0.05) is 0 Å². The topological polar surface area (TPSA) is 66.4 Å². The molecule has 14 heavy (non-hydrogen) atoms. The van der Waals surface area contributed by atoms with Crippen molar-refractivity contribution in [3.8, 4) is 0 Å². The average molecular weight is 234 g/mol. The lowest BCUT2D eigenvalue weighted by atomic mass is 10.2. The van der Waals surface area contributed by atoms with E-state index in [-0.39, 0.29) is 21.3 Å². The van der Waals surface area contributed by atoms with E-state index < -0.39 is 5.97 Å². The Morgan fingerprint density at radius 2 is 1.93 bits per heavy atom. The van der Waals surface area contributed by atoms with Crippen LogP contribution in [0.5, 0.6) is 0 Å². The van der Waals surface area contributed by atoms with Gasteiger partial charge in [-0.3, -0.25) is 4.79 Å². The Hall–Kier alpha value is -1.26. The number of nitrogens with one attached hydrogen (secondary N) is 1. The number of carboxylic acids is 1. The van der Waals surface area contributed by atoms with Gasteiger partial charge >= 0.3 is 5.97 Å². The monoisotopic (exact) mass is 233 g/mol. The Balaban J connectivity index is 3.40. The van der Waals surface area contributed by atoms with Crippen molar-refractivity contribution in [3.05, 3.63) is 27.7 Å². The van der Waals surface area contributed by atoms with Gasteiger partial charge in [-0.1, -0.05) is 23.2 Å².